The molecule has 3 heteroatoms. The SMILES string of the molecule is CC#CCCC(=O)Oc1ccc(O)cc1. The Bertz CT molecular complexity index is 382. The second-order valence-corrected chi connectivity index (χ2v) is 2.89. The number of aromatic hydroxyl groups is 1. The molecule has 0 spiro atoms. The molecule has 0 aliphatic carbocycles. The Morgan fingerprint density at radius 2 is 2.07 bits per heavy atom. The van der Waals surface area contributed by atoms with E-state index in [1.165, 1.54) is 12.1 Å². The Morgan fingerprint density at radius 1 is 1.40 bits per heavy atom. The van der Waals surface area contributed by atoms with Gasteiger partial charge < -0.3 is 9.84 Å². The minimum Gasteiger partial charge on any atom is -0.508 e. The van der Waals surface area contributed by atoms with Crippen LogP contribution in [0.4, 0.5) is 0 Å². The van der Waals surface area contributed by atoms with Crippen LogP contribution >= 0.6 is 0 Å². The maximum absolute atomic E-state index is 11.2. The van der Waals surface area contributed by atoms with E-state index in [4.69, 9.17) is 9.84 Å². The summed E-state index contributed by atoms with van der Waals surface area (Å²) in [6.45, 7) is 1.73. The van der Waals surface area contributed by atoms with Crippen LogP contribution in [0.2, 0.25) is 0 Å². The molecule has 0 unspecified atom stereocenters. The predicted octanol–water partition coefficient (Wildman–Crippen LogP) is 2.10. The van der Waals surface area contributed by atoms with Gasteiger partial charge in [0, 0.05) is 6.42 Å². The number of carbonyl (C=O) groups is 1. The Labute approximate surface area is 88.7 Å². The van der Waals surface area contributed by atoms with Gasteiger partial charge in [0.15, 0.2) is 0 Å². The molecule has 0 saturated carbocycles. The maximum atomic E-state index is 11.2. The maximum Gasteiger partial charge on any atom is 0.312 e. The van der Waals surface area contributed by atoms with Crippen LogP contribution in [0, 0.1) is 11.8 Å². The third-order valence-electron chi connectivity index (χ3n) is 1.70. The van der Waals surface area contributed by atoms with Crippen molar-refractivity contribution in [2.24, 2.45) is 0 Å². The molecule has 0 heterocycles. The van der Waals surface area contributed by atoms with Crippen LogP contribution in [0.3, 0.4) is 0 Å². The first-order valence-electron chi connectivity index (χ1n) is 4.61. The van der Waals surface area contributed by atoms with Gasteiger partial charge in [-0.25, -0.2) is 0 Å². The number of benzene rings is 1. The summed E-state index contributed by atoms with van der Waals surface area (Å²) in [4.78, 5) is 11.2. The molecule has 1 N–H and O–H groups in total. The molecule has 78 valence electrons. The average Bonchev–Trinajstić information content (AvgIpc) is 2.22. The largest absolute Gasteiger partial charge is 0.508 e. The lowest BCUT2D eigenvalue weighted by Gasteiger charge is -2.02. The average molecular weight is 204 g/mol. The molecule has 0 aliphatic rings. The number of phenolic OH excluding ortho intramolecular Hbond substituents is 1. The molecule has 15 heavy (non-hydrogen) atoms. The fourth-order valence-electron chi connectivity index (χ4n) is 0.986. The highest BCUT2D eigenvalue weighted by molar-refractivity contribution is 5.72. The lowest BCUT2D eigenvalue weighted by atomic mass is 10.3. The number of hydrogen-bond donors (Lipinski definition) is 1. The zero-order valence-electron chi connectivity index (χ0n) is 8.49. The fourth-order valence-corrected chi connectivity index (χ4v) is 0.986. The highest BCUT2D eigenvalue weighted by atomic mass is 16.5. The van der Waals surface area contributed by atoms with Crippen molar-refractivity contribution >= 4 is 5.97 Å². The van der Waals surface area contributed by atoms with E-state index in [0.29, 0.717) is 12.2 Å². The van der Waals surface area contributed by atoms with E-state index in [9.17, 15) is 4.79 Å². The summed E-state index contributed by atoms with van der Waals surface area (Å²) in [6.07, 6.45) is 0.787. The summed E-state index contributed by atoms with van der Waals surface area (Å²) in [7, 11) is 0. The number of esters is 1. The van der Waals surface area contributed by atoms with Crippen molar-refractivity contribution in [1.29, 1.82) is 0 Å². The molecule has 0 aromatic heterocycles. The molecular weight excluding hydrogens is 192 g/mol. The van der Waals surface area contributed by atoms with E-state index in [2.05, 4.69) is 11.8 Å². The first kappa shape index (κ1) is 11.1. The fraction of sp³-hybridized carbons (Fsp3) is 0.250. The quantitative estimate of drug-likeness (QED) is 0.466. The van der Waals surface area contributed by atoms with Gasteiger partial charge in [-0.3, -0.25) is 4.79 Å². The van der Waals surface area contributed by atoms with Crippen LogP contribution in [0.1, 0.15) is 19.8 Å². The van der Waals surface area contributed by atoms with Crippen molar-refractivity contribution in [3.8, 4) is 23.3 Å². The first-order valence-corrected chi connectivity index (χ1v) is 4.61. The van der Waals surface area contributed by atoms with Gasteiger partial charge in [0.25, 0.3) is 0 Å². The number of hydrogen-bond acceptors (Lipinski definition) is 3. The summed E-state index contributed by atoms with van der Waals surface area (Å²) in [5.74, 6) is 5.75. The van der Waals surface area contributed by atoms with Crippen LogP contribution in [-0.4, -0.2) is 11.1 Å². The smallest absolute Gasteiger partial charge is 0.312 e. The van der Waals surface area contributed by atoms with Gasteiger partial charge in [0.05, 0.1) is 6.42 Å². The molecule has 0 bridgehead atoms. The molecule has 0 atom stereocenters. The van der Waals surface area contributed by atoms with Crippen LogP contribution in [0.5, 0.6) is 11.5 Å². The van der Waals surface area contributed by atoms with Gasteiger partial charge in [-0.05, 0) is 31.2 Å². The van der Waals surface area contributed by atoms with E-state index >= 15 is 0 Å². The zero-order chi connectivity index (χ0) is 11.1. The van der Waals surface area contributed by atoms with Crippen LogP contribution in [0.15, 0.2) is 24.3 Å². The molecule has 1 aromatic rings. The Kier molecular flexibility index (Phi) is 4.24. The van der Waals surface area contributed by atoms with Crippen LogP contribution in [-0.2, 0) is 4.79 Å². The van der Waals surface area contributed by atoms with Crippen molar-refractivity contribution < 1.29 is 14.6 Å². The van der Waals surface area contributed by atoms with E-state index in [-0.39, 0.29) is 18.1 Å². The third-order valence-corrected chi connectivity index (χ3v) is 1.70. The van der Waals surface area contributed by atoms with Crippen LogP contribution in [0.25, 0.3) is 0 Å². The highest BCUT2D eigenvalue weighted by Gasteiger charge is 2.03. The minimum absolute atomic E-state index is 0.145. The summed E-state index contributed by atoms with van der Waals surface area (Å²) in [6, 6.07) is 6.01. The molecule has 0 fully saturated rings. The van der Waals surface area contributed by atoms with Crippen molar-refractivity contribution in [3.63, 3.8) is 0 Å². The standard InChI is InChI=1S/C12H12O3/c1-2-3-4-5-12(14)15-11-8-6-10(13)7-9-11/h6-9,13H,4-5H2,1H3. The lowest BCUT2D eigenvalue weighted by Crippen LogP contribution is -2.06. The molecule has 0 aliphatic heterocycles. The third kappa shape index (κ3) is 4.19. The molecule has 1 rings (SSSR count). The normalized spacial score (nSPS) is 8.87. The van der Waals surface area contributed by atoms with Crippen LogP contribution < -0.4 is 4.74 Å². The van der Waals surface area contributed by atoms with E-state index < -0.39 is 0 Å². The van der Waals surface area contributed by atoms with E-state index in [1.54, 1.807) is 19.1 Å². The first-order chi connectivity index (χ1) is 7.22. The summed E-state index contributed by atoms with van der Waals surface area (Å²) in [5, 5.41) is 9.01. The van der Waals surface area contributed by atoms with Crippen molar-refractivity contribution in [2.45, 2.75) is 19.8 Å². The van der Waals surface area contributed by atoms with E-state index in [1.807, 2.05) is 0 Å². The molecule has 0 saturated heterocycles. The predicted molar refractivity (Wildman–Crippen MR) is 56.4 cm³/mol. The van der Waals surface area contributed by atoms with Gasteiger partial charge in [0.1, 0.15) is 11.5 Å². The van der Waals surface area contributed by atoms with Crippen molar-refractivity contribution in [1.82, 2.24) is 0 Å². The summed E-state index contributed by atoms with van der Waals surface area (Å²) in [5.41, 5.74) is 0. The minimum atomic E-state index is -0.316. The second-order valence-electron chi connectivity index (χ2n) is 2.89. The molecule has 0 amide bonds. The summed E-state index contributed by atoms with van der Waals surface area (Å²) < 4.78 is 5.00. The summed E-state index contributed by atoms with van der Waals surface area (Å²) >= 11 is 0. The van der Waals surface area contributed by atoms with Gasteiger partial charge in [-0.2, -0.15) is 0 Å². The zero-order valence-corrected chi connectivity index (χ0v) is 8.49. The molecule has 0 radical (unpaired) electrons. The van der Waals surface area contributed by atoms with Crippen molar-refractivity contribution in [3.05, 3.63) is 24.3 Å². The van der Waals surface area contributed by atoms with Gasteiger partial charge in [0.2, 0.25) is 0 Å². The monoisotopic (exact) mass is 204 g/mol. The Morgan fingerprint density at radius 3 is 2.67 bits per heavy atom. The number of carbonyl (C=O) groups excluding carboxylic acids is 1. The van der Waals surface area contributed by atoms with Crippen molar-refractivity contribution in [2.75, 3.05) is 0 Å². The highest BCUT2D eigenvalue weighted by Crippen LogP contribution is 2.16. The second kappa shape index (κ2) is 5.71. The lowest BCUT2D eigenvalue weighted by molar-refractivity contribution is -0.134. The number of rotatable bonds is 3. The molecular formula is C12H12O3. The van der Waals surface area contributed by atoms with Gasteiger partial charge in [-0.15, -0.1) is 11.8 Å². The molecule has 1 aromatic carbocycles. The number of ether oxygens (including phenoxy) is 1. The molecule has 3 nitrogen and oxygen atoms in total. The Balaban J connectivity index is 2.43. The Hall–Kier alpha value is -1.95. The topological polar surface area (TPSA) is 46.5 Å². The van der Waals surface area contributed by atoms with Gasteiger partial charge >= 0.3 is 5.97 Å². The van der Waals surface area contributed by atoms with E-state index in [0.717, 1.165) is 0 Å². The van der Waals surface area contributed by atoms with Gasteiger partial charge in [-0.1, -0.05) is 0 Å². The number of phenols is 1.